The first-order chi connectivity index (χ1) is 11.8. The van der Waals surface area contributed by atoms with Crippen LogP contribution in [0.2, 0.25) is 0 Å². The molecule has 3 heteroatoms. The average molecular weight is 318 g/mol. The van der Waals surface area contributed by atoms with Crippen LogP contribution in [0.25, 0.3) is 0 Å². The third kappa shape index (κ3) is 4.67. The highest BCUT2D eigenvalue weighted by Gasteiger charge is 2.01. The Bertz CT molecular complexity index is 772. The lowest BCUT2D eigenvalue weighted by molar-refractivity contribution is 0.305. The average Bonchev–Trinajstić information content (AvgIpc) is 2.62. The molecule has 3 rings (SSSR count). The minimum atomic E-state index is 0.595. The molecule has 0 aliphatic rings. The van der Waals surface area contributed by atoms with E-state index < -0.39 is 0 Å². The van der Waals surface area contributed by atoms with Crippen molar-refractivity contribution >= 4 is 0 Å². The predicted octanol–water partition coefficient (Wildman–Crippen LogP) is 4.26. The molecular formula is C21H22N2O. The lowest BCUT2D eigenvalue weighted by Crippen LogP contribution is -2.13. The summed E-state index contributed by atoms with van der Waals surface area (Å²) < 4.78 is 5.94. The zero-order chi connectivity index (χ0) is 16.6. The Labute approximate surface area is 143 Å². The van der Waals surface area contributed by atoms with Crippen LogP contribution in [0.1, 0.15) is 22.4 Å². The fourth-order valence-electron chi connectivity index (χ4n) is 2.52. The molecule has 0 fully saturated rings. The summed E-state index contributed by atoms with van der Waals surface area (Å²) in [7, 11) is 0. The van der Waals surface area contributed by atoms with Crippen molar-refractivity contribution in [1.29, 1.82) is 0 Å². The number of hydrogen-bond acceptors (Lipinski definition) is 3. The third-order valence-electron chi connectivity index (χ3n) is 3.92. The van der Waals surface area contributed by atoms with Crippen LogP contribution in [-0.2, 0) is 19.7 Å². The van der Waals surface area contributed by atoms with Gasteiger partial charge in [0.05, 0.1) is 5.69 Å². The Morgan fingerprint density at radius 1 is 0.917 bits per heavy atom. The van der Waals surface area contributed by atoms with Crippen LogP contribution < -0.4 is 10.1 Å². The third-order valence-corrected chi connectivity index (χ3v) is 3.92. The topological polar surface area (TPSA) is 34.1 Å². The van der Waals surface area contributed by atoms with Crippen molar-refractivity contribution in [2.24, 2.45) is 0 Å². The van der Waals surface area contributed by atoms with Gasteiger partial charge in [-0.2, -0.15) is 0 Å². The predicted molar refractivity (Wildman–Crippen MR) is 96.7 cm³/mol. The highest BCUT2D eigenvalue weighted by Crippen LogP contribution is 2.16. The summed E-state index contributed by atoms with van der Waals surface area (Å²) >= 11 is 0. The van der Waals surface area contributed by atoms with Crippen LogP contribution >= 0.6 is 0 Å². The van der Waals surface area contributed by atoms with Crippen molar-refractivity contribution in [3.63, 3.8) is 0 Å². The van der Waals surface area contributed by atoms with Gasteiger partial charge in [0.15, 0.2) is 0 Å². The molecule has 0 saturated carbocycles. The van der Waals surface area contributed by atoms with E-state index in [1.165, 1.54) is 16.7 Å². The summed E-state index contributed by atoms with van der Waals surface area (Å²) in [5.41, 5.74) is 4.72. The van der Waals surface area contributed by atoms with Crippen LogP contribution in [0, 0.1) is 6.92 Å². The maximum Gasteiger partial charge on any atom is 0.120 e. The smallest absolute Gasteiger partial charge is 0.120 e. The van der Waals surface area contributed by atoms with E-state index in [-0.39, 0.29) is 0 Å². The molecule has 0 unspecified atom stereocenters. The fraction of sp³-hybridized carbons (Fsp3) is 0.190. The van der Waals surface area contributed by atoms with E-state index in [4.69, 9.17) is 4.74 Å². The van der Waals surface area contributed by atoms with Crippen molar-refractivity contribution in [3.8, 4) is 5.75 Å². The SMILES string of the molecule is Cc1ccccc1COc1cccc(CNCc2ccccn2)c1. The number of rotatable bonds is 7. The number of pyridine rings is 1. The molecule has 0 aliphatic carbocycles. The quantitative estimate of drug-likeness (QED) is 0.707. The molecule has 0 bridgehead atoms. The number of aryl methyl sites for hydroxylation is 1. The molecule has 0 atom stereocenters. The standard InChI is InChI=1S/C21H22N2O/c1-17-7-2-3-9-19(17)16-24-21-11-6-8-18(13-21)14-22-15-20-10-4-5-12-23-20/h2-13,22H,14-16H2,1H3. The lowest BCUT2D eigenvalue weighted by atomic mass is 10.1. The zero-order valence-electron chi connectivity index (χ0n) is 13.9. The molecule has 0 amide bonds. The van der Waals surface area contributed by atoms with Crippen molar-refractivity contribution < 1.29 is 4.74 Å². The summed E-state index contributed by atoms with van der Waals surface area (Å²) in [5, 5.41) is 3.41. The zero-order valence-corrected chi connectivity index (χ0v) is 13.9. The molecule has 0 spiro atoms. The monoisotopic (exact) mass is 318 g/mol. The van der Waals surface area contributed by atoms with Gasteiger partial charge in [-0.1, -0.05) is 42.5 Å². The summed E-state index contributed by atoms with van der Waals surface area (Å²) in [6.07, 6.45) is 1.82. The van der Waals surface area contributed by atoms with E-state index in [0.29, 0.717) is 6.61 Å². The molecular weight excluding hydrogens is 296 g/mol. The Morgan fingerprint density at radius 3 is 2.62 bits per heavy atom. The molecule has 1 N–H and O–H groups in total. The lowest BCUT2D eigenvalue weighted by Gasteiger charge is -2.10. The van der Waals surface area contributed by atoms with Gasteiger partial charge in [0.1, 0.15) is 12.4 Å². The minimum Gasteiger partial charge on any atom is -0.489 e. The van der Waals surface area contributed by atoms with Gasteiger partial charge >= 0.3 is 0 Å². The Balaban J connectivity index is 1.53. The molecule has 3 aromatic rings. The van der Waals surface area contributed by atoms with E-state index >= 15 is 0 Å². The van der Waals surface area contributed by atoms with Crippen molar-refractivity contribution in [2.75, 3.05) is 0 Å². The first-order valence-electron chi connectivity index (χ1n) is 8.18. The van der Waals surface area contributed by atoms with Gasteiger partial charge in [0.25, 0.3) is 0 Å². The van der Waals surface area contributed by atoms with Crippen LogP contribution in [0.4, 0.5) is 0 Å². The molecule has 2 aromatic carbocycles. The Hall–Kier alpha value is -2.65. The number of aromatic nitrogens is 1. The fourth-order valence-corrected chi connectivity index (χ4v) is 2.52. The summed E-state index contributed by atoms with van der Waals surface area (Å²) in [6, 6.07) is 22.5. The second-order valence-corrected chi connectivity index (χ2v) is 5.79. The first-order valence-corrected chi connectivity index (χ1v) is 8.18. The van der Waals surface area contributed by atoms with Gasteiger partial charge < -0.3 is 10.1 Å². The van der Waals surface area contributed by atoms with Gasteiger partial charge in [0, 0.05) is 19.3 Å². The van der Waals surface area contributed by atoms with E-state index in [9.17, 15) is 0 Å². The molecule has 3 nitrogen and oxygen atoms in total. The van der Waals surface area contributed by atoms with Crippen molar-refractivity contribution in [1.82, 2.24) is 10.3 Å². The Kier molecular flexibility index (Phi) is 5.59. The second-order valence-electron chi connectivity index (χ2n) is 5.79. The van der Waals surface area contributed by atoms with Crippen LogP contribution in [0.3, 0.4) is 0 Å². The highest BCUT2D eigenvalue weighted by atomic mass is 16.5. The van der Waals surface area contributed by atoms with Crippen molar-refractivity contribution in [3.05, 3.63) is 95.3 Å². The van der Waals surface area contributed by atoms with E-state index in [0.717, 1.165) is 24.5 Å². The van der Waals surface area contributed by atoms with Crippen molar-refractivity contribution in [2.45, 2.75) is 26.6 Å². The maximum atomic E-state index is 5.94. The summed E-state index contributed by atoms with van der Waals surface area (Å²) in [5.74, 6) is 0.899. The molecule has 122 valence electrons. The van der Waals surface area contributed by atoms with Gasteiger partial charge in [-0.15, -0.1) is 0 Å². The first kappa shape index (κ1) is 16.2. The van der Waals surface area contributed by atoms with Crippen LogP contribution in [0.5, 0.6) is 5.75 Å². The molecule has 1 aromatic heterocycles. The number of benzene rings is 2. The van der Waals surface area contributed by atoms with Gasteiger partial charge in [-0.3, -0.25) is 4.98 Å². The summed E-state index contributed by atoms with van der Waals surface area (Å²) in [4.78, 5) is 4.31. The van der Waals surface area contributed by atoms with Crippen LogP contribution in [0.15, 0.2) is 72.9 Å². The number of nitrogens with zero attached hydrogens (tertiary/aromatic N) is 1. The van der Waals surface area contributed by atoms with Gasteiger partial charge in [0.2, 0.25) is 0 Å². The van der Waals surface area contributed by atoms with Gasteiger partial charge in [-0.05, 0) is 47.9 Å². The molecule has 0 saturated heterocycles. The number of nitrogens with one attached hydrogen (secondary N) is 1. The van der Waals surface area contributed by atoms with E-state index in [1.54, 1.807) is 0 Å². The second kappa shape index (κ2) is 8.27. The molecule has 1 heterocycles. The minimum absolute atomic E-state index is 0.595. The number of hydrogen-bond donors (Lipinski definition) is 1. The maximum absolute atomic E-state index is 5.94. The molecule has 24 heavy (non-hydrogen) atoms. The normalized spacial score (nSPS) is 10.5. The Morgan fingerprint density at radius 2 is 1.79 bits per heavy atom. The summed E-state index contributed by atoms with van der Waals surface area (Å²) in [6.45, 7) is 4.25. The number of ether oxygens (including phenoxy) is 1. The van der Waals surface area contributed by atoms with Crippen LogP contribution in [-0.4, -0.2) is 4.98 Å². The largest absolute Gasteiger partial charge is 0.489 e. The van der Waals surface area contributed by atoms with Gasteiger partial charge in [-0.25, -0.2) is 0 Å². The van der Waals surface area contributed by atoms with E-state index in [1.807, 2.05) is 48.7 Å². The van der Waals surface area contributed by atoms with E-state index in [2.05, 4.69) is 41.5 Å². The molecule has 0 aliphatic heterocycles. The highest BCUT2D eigenvalue weighted by molar-refractivity contribution is 5.30. The molecule has 0 radical (unpaired) electrons.